The Balaban J connectivity index is 1.61. The number of nitriles is 1. The second-order valence-electron chi connectivity index (χ2n) is 8.16. The van der Waals surface area contributed by atoms with Gasteiger partial charge in [-0.25, -0.2) is 4.39 Å². The lowest BCUT2D eigenvalue weighted by Gasteiger charge is -2.24. The number of aromatic nitrogens is 2. The third-order valence-corrected chi connectivity index (χ3v) is 5.88. The molecule has 1 atom stereocenters. The first-order valence-corrected chi connectivity index (χ1v) is 10.7. The summed E-state index contributed by atoms with van der Waals surface area (Å²) in [6, 6.07) is 19.2. The lowest BCUT2D eigenvalue weighted by atomic mass is 9.90. The first-order valence-electron chi connectivity index (χ1n) is 10.7. The second-order valence-corrected chi connectivity index (χ2v) is 8.16. The number of fused-ring (bicyclic) bond motifs is 1. The third-order valence-electron chi connectivity index (χ3n) is 5.88. The number of nitrogens with one attached hydrogen (secondary N) is 1. The van der Waals surface area contributed by atoms with Crippen LogP contribution in [0.4, 0.5) is 4.39 Å². The normalized spacial score (nSPS) is 16.2. The number of hydrogen-bond acceptors (Lipinski definition) is 4. The van der Waals surface area contributed by atoms with E-state index in [4.69, 9.17) is 10.00 Å². The van der Waals surface area contributed by atoms with Gasteiger partial charge in [-0.1, -0.05) is 30.3 Å². The molecule has 0 amide bonds. The summed E-state index contributed by atoms with van der Waals surface area (Å²) < 4.78 is 22.2. The second kappa shape index (κ2) is 8.54. The number of nitrogens with zero attached hydrogens (tertiary/aromatic N) is 3. The van der Waals surface area contributed by atoms with Gasteiger partial charge in [-0.3, -0.25) is 4.68 Å². The van der Waals surface area contributed by atoms with Crippen molar-refractivity contribution in [3.63, 3.8) is 0 Å². The van der Waals surface area contributed by atoms with Crippen molar-refractivity contribution < 1.29 is 9.13 Å². The molecule has 1 aromatic heterocycles. The minimum Gasteiger partial charge on any atom is -0.375 e. The van der Waals surface area contributed by atoms with E-state index in [-0.39, 0.29) is 11.7 Å². The predicted molar refractivity (Wildman–Crippen MR) is 123 cm³/mol. The van der Waals surface area contributed by atoms with Gasteiger partial charge < -0.3 is 10.1 Å². The summed E-state index contributed by atoms with van der Waals surface area (Å²) in [5, 5.41) is 18.0. The molecule has 4 aromatic rings. The van der Waals surface area contributed by atoms with E-state index in [9.17, 15) is 4.39 Å². The molecule has 0 bridgehead atoms. The Hall–Kier alpha value is -3.53. The van der Waals surface area contributed by atoms with E-state index in [0.29, 0.717) is 6.61 Å². The van der Waals surface area contributed by atoms with E-state index < -0.39 is 5.82 Å². The molecule has 160 valence electrons. The lowest BCUT2D eigenvalue weighted by molar-refractivity contribution is 0.0292. The van der Waals surface area contributed by atoms with Crippen molar-refractivity contribution in [3.8, 4) is 28.3 Å². The Morgan fingerprint density at radius 3 is 2.75 bits per heavy atom. The number of hydrogen-bond donors (Lipinski definition) is 1. The molecule has 1 aliphatic heterocycles. The van der Waals surface area contributed by atoms with Crippen LogP contribution in [-0.4, -0.2) is 35.6 Å². The van der Waals surface area contributed by atoms with Crippen LogP contribution >= 0.6 is 0 Å². The number of halogens is 1. The van der Waals surface area contributed by atoms with Gasteiger partial charge in [0.1, 0.15) is 11.9 Å². The van der Waals surface area contributed by atoms with Crippen LogP contribution < -0.4 is 5.32 Å². The van der Waals surface area contributed by atoms with E-state index in [2.05, 4.69) is 34.7 Å². The molecule has 0 aliphatic carbocycles. The number of morpholine rings is 1. The first kappa shape index (κ1) is 20.4. The highest BCUT2D eigenvalue weighted by Crippen LogP contribution is 2.35. The first-order chi connectivity index (χ1) is 15.6. The zero-order valence-corrected chi connectivity index (χ0v) is 17.8. The standard InChI is InChI=1S/C26H23FN4O/c1-31-16-21-12-18(5-7-26(21)30-31)23-6-2-17(10-22-15-29-8-9-32-22)11-24(23)19-3-4-20(14-28)25(27)13-19/h2-7,11-13,16,22,29H,8-10,15H2,1H3. The molecule has 1 aliphatic rings. The number of aryl methyl sites for hydroxylation is 1. The zero-order chi connectivity index (χ0) is 22.1. The average Bonchev–Trinajstić information content (AvgIpc) is 3.19. The highest BCUT2D eigenvalue weighted by molar-refractivity contribution is 5.90. The molecule has 0 radical (unpaired) electrons. The molecule has 1 N–H and O–H groups in total. The van der Waals surface area contributed by atoms with Crippen molar-refractivity contribution in [1.82, 2.24) is 15.1 Å². The van der Waals surface area contributed by atoms with E-state index in [1.807, 2.05) is 37.5 Å². The minimum atomic E-state index is -0.510. The van der Waals surface area contributed by atoms with E-state index in [0.717, 1.165) is 58.2 Å². The van der Waals surface area contributed by atoms with Gasteiger partial charge in [0.05, 0.1) is 23.8 Å². The molecule has 2 heterocycles. The van der Waals surface area contributed by atoms with E-state index in [1.54, 1.807) is 10.7 Å². The van der Waals surface area contributed by atoms with Crippen molar-refractivity contribution in [3.05, 3.63) is 77.7 Å². The number of benzene rings is 3. The Bertz CT molecular complexity index is 1330. The zero-order valence-electron chi connectivity index (χ0n) is 17.8. The highest BCUT2D eigenvalue weighted by atomic mass is 19.1. The summed E-state index contributed by atoms with van der Waals surface area (Å²) in [5.74, 6) is -0.510. The summed E-state index contributed by atoms with van der Waals surface area (Å²) in [6.07, 6.45) is 2.88. The molecule has 32 heavy (non-hydrogen) atoms. The summed E-state index contributed by atoms with van der Waals surface area (Å²) in [7, 11) is 1.90. The summed E-state index contributed by atoms with van der Waals surface area (Å²) in [4.78, 5) is 0. The SMILES string of the molecule is Cn1cc2cc(-c3ccc(CC4CNCCO4)cc3-c3ccc(C#N)c(F)c3)ccc2n1. The van der Waals surface area contributed by atoms with Crippen LogP contribution in [0, 0.1) is 17.1 Å². The molecule has 1 fully saturated rings. The Morgan fingerprint density at radius 2 is 1.97 bits per heavy atom. The van der Waals surface area contributed by atoms with Crippen LogP contribution in [0.15, 0.2) is 60.8 Å². The van der Waals surface area contributed by atoms with E-state index in [1.165, 1.54) is 6.07 Å². The quantitative estimate of drug-likeness (QED) is 0.524. The maximum atomic E-state index is 14.5. The van der Waals surface area contributed by atoms with Gasteiger partial charge in [-0.2, -0.15) is 10.4 Å². The summed E-state index contributed by atoms with van der Waals surface area (Å²) >= 11 is 0. The van der Waals surface area contributed by atoms with Crippen LogP contribution in [0.25, 0.3) is 33.2 Å². The van der Waals surface area contributed by atoms with Crippen LogP contribution in [0.2, 0.25) is 0 Å². The van der Waals surface area contributed by atoms with E-state index >= 15 is 0 Å². The number of ether oxygens (including phenoxy) is 1. The molecular formula is C26H23FN4O. The highest BCUT2D eigenvalue weighted by Gasteiger charge is 2.17. The molecule has 3 aromatic carbocycles. The Labute approximate surface area is 186 Å². The molecule has 1 unspecified atom stereocenters. The van der Waals surface area contributed by atoms with Crippen LogP contribution in [0.1, 0.15) is 11.1 Å². The fourth-order valence-electron chi connectivity index (χ4n) is 4.31. The molecule has 6 heteroatoms. The fourth-order valence-corrected chi connectivity index (χ4v) is 4.31. The topological polar surface area (TPSA) is 62.9 Å². The van der Waals surface area contributed by atoms with Gasteiger partial charge in [0, 0.05) is 31.7 Å². The van der Waals surface area contributed by atoms with Crippen molar-refractivity contribution in [2.45, 2.75) is 12.5 Å². The van der Waals surface area contributed by atoms with Crippen LogP contribution in [0.3, 0.4) is 0 Å². The van der Waals surface area contributed by atoms with Crippen LogP contribution in [0.5, 0.6) is 0 Å². The van der Waals surface area contributed by atoms with Gasteiger partial charge in [0.2, 0.25) is 0 Å². The third kappa shape index (κ3) is 4.01. The van der Waals surface area contributed by atoms with Crippen LogP contribution in [-0.2, 0) is 18.2 Å². The van der Waals surface area contributed by atoms with Gasteiger partial charge in [0.15, 0.2) is 0 Å². The smallest absolute Gasteiger partial charge is 0.141 e. The maximum Gasteiger partial charge on any atom is 0.141 e. The molecule has 0 saturated carbocycles. The molecular weight excluding hydrogens is 403 g/mol. The van der Waals surface area contributed by atoms with Gasteiger partial charge in [-0.05, 0) is 58.5 Å². The van der Waals surface area contributed by atoms with Gasteiger partial charge in [0.25, 0.3) is 0 Å². The maximum absolute atomic E-state index is 14.5. The molecule has 1 saturated heterocycles. The number of rotatable bonds is 4. The lowest BCUT2D eigenvalue weighted by Crippen LogP contribution is -2.39. The minimum absolute atomic E-state index is 0.0462. The van der Waals surface area contributed by atoms with Crippen molar-refractivity contribution >= 4 is 10.9 Å². The average molecular weight is 426 g/mol. The Kier molecular flexibility index (Phi) is 5.44. The summed E-state index contributed by atoms with van der Waals surface area (Å²) in [6.45, 7) is 2.41. The Morgan fingerprint density at radius 1 is 1.12 bits per heavy atom. The van der Waals surface area contributed by atoms with Gasteiger partial charge >= 0.3 is 0 Å². The van der Waals surface area contributed by atoms with Crippen molar-refractivity contribution in [2.24, 2.45) is 7.05 Å². The molecule has 0 spiro atoms. The van der Waals surface area contributed by atoms with Crippen molar-refractivity contribution in [1.29, 1.82) is 5.26 Å². The fraction of sp³-hybridized carbons (Fsp3) is 0.231. The molecule has 5 nitrogen and oxygen atoms in total. The summed E-state index contributed by atoms with van der Waals surface area (Å²) in [5.41, 5.74) is 5.82. The van der Waals surface area contributed by atoms with Crippen molar-refractivity contribution in [2.75, 3.05) is 19.7 Å². The predicted octanol–water partition coefficient (Wildman–Crippen LogP) is 4.45. The van der Waals surface area contributed by atoms with Gasteiger partial charge in [-0.15, -0.1) is 0 Å². The molecule has 5 rings (SSSR count). The monoisotopic (exact) mass is 426 g/mol. The largest absolute Gasteiger partial charge is 0.375 e.